The lowest BCUT2D eigenvalue weighted by molar-refractivity contribution is 0.0148. The molecular weight excluding hydrogens is 168 g/mol. The minimum Gasteiger partial charge on any atom is -0.390 e. The summed E-state index contributed by atoms with van der Waals surface area (Å²) in [5.74, 6) is 0. The van der Waals surface area contributed by atoms with Gasteiger partial charge in [0, 0.05) is 10.5 Å². The van der Waals surface area contributed by atoms with Crippen LogP contribution in [0, 0.1) is 0 Å². The zero-order chi connectivity index (χ0) is 8.60. The summed E-state index contributed by atoms with van der Waals surface area (Å²) in [5.41, 5.74) is -0.286. The lowest BCUT2D eigenvalue weighted by atomic mass is 9.89. The third-order valence-corrected chi connectivity index (χ3v) is 4.70. The summed E-state index contributed by atoms with van der Waals surface area (Å²) in [4.78, 5) is 0. The molecule has 0 spiro atoms. The largest absolute Gasteiger partial charge is 0.390 e. The highest BCUT2D eigenvalue weighted by molar-refractivity contribution is 8.00. The molecule has 0 saturated carbocycles. The average Bonchev–Trinajstić information content (AvgIpc) is 2.31. The van der Waals surface area contributed by atoms with Gasteiger partial charge in [0.05, 0.1) is 5.60 Å². The fourth-order valence-corrected chi connectivity index (χ4v) is 4.58. The maximum Gasteiger partial charge on any atom is 0.0668 e. The van der Waals surface area contributed by atoms with Gasteiger partial charge in [0.25, 0.3) is 0 Å². The molecule has 0 aromatic rings. The van der Waals surface area contributed by atoms with Gasteiger partial charge in [-0.25, -0.2) is 0 Å². The lowest BCUT2D eigenvalue weighted by Crippen LogP contribution is -2.36. The van der Waals surface area contributed by atoms with E-state index in [0.29, 0.717) is 0 Å². The first-order chi connectivity index (χ1) is 5.72. The molecule has 0 radical (unpaired) electrons. The van der Waals surface area contributed by atoms with Gasteiger partial charge in [-0.15, -0.1) is 0 Å². The van der Waals surface area contributed by atoms with Crippen molar-refractivity contribution in [2.24, 2.45) is 0 Å². The van der Waals surface area contributed by atoms with E-state index >= 15 is 0 Å². The van der Waals surface area contributed by atoms with E-state index in [9.17, 15) is 5.11 Å². The van der Waals surface area contributed by atoms with Crippen LogP contribution in [0.2, 0.25) is 0 Å². The van der Waals surface area contributed by atoms with Gasteiger partial charge in [-0.2, -0.15) is 11.8 Å². The van der Waals surface area contributed by atoms with Gasteiger partial charge in [0.1, 0.15) is 0 Å². The van der Waals surface area contributed by atoms with Crippen molar-refractivity contribution in [1.29, 1.82) is 0 Å². The smallest absolute Gasteiger partial charge is 0.0668 e. The summed E-state index contributed by atoms with van der Waals surface area (Å²) < 4.78 is 0. The Hall–Kier alpha value is 0.310. The van der Waals surface area contributed by atoms with E-state index in [4.69, 9.17) is 0 Å². The van der Waals surface area contributed by atoms with Gasteiger partial charge in [-0.05, 0) is 32.1 Å². The van der Waals surface area contributed by atoms with E-state index in [0.717, 1.165) is 36.2 Å². The third kappa shape index (κ3) is 1.64. The molecule has 1 N–H and O–H groups in total. The monoisotopic (exact) mass is 186 g/mol. The van der Waals surface area contributed by atoms with Crippen molar-refractivity contribution < 1.29 is 5.11 Å². The molecular formula is C10H18OS. The first kappa shape index (κ1) is 8.89. The van der Waals surface area contributed by atoms with Crippen LogP contribution in [0.1, 0.15) is 45.4 Å². The van der Waals surface area contributed by atoms with Crippen molar-refractivity contribution in [3.05, 3.63) is 0 Å². The van der Waals surface area contributed by atoms with Crippen molar-refractivity contribution in [3.8, 4) is 0 Å². The average molecular weight is 186 g/mol. The Morgan fingerprint density at radius 1 is 1.33 bits per heavy atom. The van der Waals surface area contributed by atoms with Crippen LogP contribution >= 0.6 is 11.8 Å². The van der Waals surface area contributed by atoms with Crippen molar-refractivity contribution >= 4 is 11.8 Å². The molecule has 2 aliphatic rings. The fraction of sp³-hybridized carbons (Fsp3) is 1.00. The quantitative estimate of drug-likeness (QED) is 0.715. The summed E-state index contributed by atoms with van der Waals surface area (Å²) in [6, 6.07) is 0. The highest BCUT2D eigenvalue weighted by Crippen LogP contribution is 2.48. The molecule has 70 valence electrons. The Labute approximate surface area is 78.9 Å². The van der Waals surface area contributed by atoms with Gasteiger partial charge in [-0.3, -0.25) is 0 Å². The summed E-state index contributed by atoms with van der Waals surface area (Å²) in [7, 11) is 0. The summed E-state index contributed by atoms with van der Waals surface area (Å²) >= 11 is 2.12. The number of rotatable bonds is 2. The Morgan fingerprint density at radius 3 is 2.42 bits per heavy atom. The van der Waals surface area contributed by atoms with E-state index in [1.54, 1.807) is 0 Å². The van der Waals surface area contributed by atoms with Gasteiger partial charge >= 0.3 is 0 Å². The molecule has 2 rings (SSSR count). The van der Waals surface area contributed by atoms with Gasteiger partial charge < -0.3 is 5.11 Å². The number of hydrogen-bond acceptors (Lipinski definition) is 2. The predicted octanol–water partition coefficient (Wildman–Crippen LogP) is 2.58. The van der Waals surface area contributed by atoms with E-state index < -0.39 is 0 Å². The van der Waals surface area contributed by atoms with Crippen molar-refractivity contribution in [1.82, 2.24) is 0 Å². The summed E-state index contributed by atoms with van der Waals surface area (Å²) in [5, 5.41) is 11.8. The Bertz CT molecular complexity index is 157. The molecule has 2 heterocycles. The minimum absolute atomic E-state index is 0.286. The first-order valence-electron chi connectivity index (χ1n) is 5.10. The topological polar surface area (TPSA) is 20.2 Å². The zero-order valence-electron chi connectivity index (χ0n) is 7.75. The Kier molecular flexibility index (Phi) is 2.39. The Morgan fingerprint density at radius 2 is 1.92 bits per heavy atom. The second kappa shape index (κ2) is 3.22. The van der Waals surface area contributed by atoms with Crippen LogP contribution in [-0.4, -0.2) is 21.2 Å². The highest BCUT2D eigenvalue weighted by Gasteiger charge is 2.42. The lowest BCUT2D eigenvalue weighted by Gasteiger charge is -2.35. The van der Waals surface area contributed by atoms with Crippen LogP contribution in [0.15, 0.2) is 0 Å². The maximum atomic E-state index is 10.2. The summed E-state index contributed by atoms with van der Waals surface area (Å²) in [6.07, 6.45) is 6.95. The normalized spacial score (nSPS) is 46.5. The fourth-order valence-electron chi connectivity index (χ4n) is 2.68. The van der Waals surface area contributed by atoms with Crippen LogP contribution in [0.5, 0.6) is 0 Å². The molecule has 0 amide bonds. The van der Waals surface area contributed by atoms with E-state index in [1.165, 1.54) is 12.8 Å². The van der Waals surface area contributed by atoms with Crippen LogP contribution in [0.4, 0.5) is 0 Å². The first-order valence-corrected chi connectivity index (χ1v) is 6.04. The number of fused-ring (bicyclic) bond motifs is 2. The molecule has 12 heavy (non-hydrogen) atoms. The zero-order valence-corrected chi connectivity index (χ0v) is 8.57. The SMILES string of the molecule is CCCC1(O)CC2CCC(C1)S2. The van der Waals surface area contributed by atoms with Gasteiger partial charge in [0.15, 0.2) is 0 Å². The van der Waals surface area contributed by atoms with E-state index in [1.807, 2.05) is 0 Å². The van der Waals surface area contributed by atoms with Crippen LogP contribution < -0.4 is 0 Å². The second-order valence-corrected chi connectivity index (χ2v) is 5.95. The maximum absolute atomic E-state index is 10.2. The van der Waals surface area contributed by atoms with Crippen molar-refractivity contribution in [3.63, 3.8) is 0 Å². The van der Waals surface area contributed by atoms with Gasteiger partial charge in [-0.1, -0.05) is 13.3 Å². The molecule has 2 bridgehead atoms. The number of thioether (sulfide) groups is 1. The third-order valence-electron chi connectivity index (χ3n) is 3.13. The molecule has 0 aliphatic carbocycles. The number of aliphatic hydroxyl groups is 1. The van der Waals surface area contributed by atoms with E-state index in [2.05, 4.69) is 18.7 Å². The van der Waals surface area contributed by atoms with Crippen molar-refractivity contribution in [2.75, 3.05) is 0 Å². The van der Waals surface area contributed by atoms with Gasteiger partial charge in [0.2, 0.25) is 0 Å². The predicted molar refractivity (Wildman–Crippen MR) is 53.5 cm³/mol. The van der Waals surface area contributed by atoms with Crippen LogP contribution in [0.25, 0.3) is 0 Å². The van der Waals surface area contributed by atoms with Crippen LogP contribution in [-0.2, 0) is 0 Å². The number of hydrogen-bond donors (Lipinski definition) is 1. The second-order valence-electron chi connectivity index (χ2n) is 4.34. The molecule has 2 atom stereocenters. The molecule has 2 unspecified atom stereocenters. The molecule has 2 aliphatic heterocycles. The van der Waals surface area contributed by atoms with Crippen molar-refractivity contribution in [2.45, 2.75) is 61.5 Å². The van der Waals surface area contributed by atoms with E-state index in [-0.39, 0.29) is 5.60 Å². The minimum atomic E-state index is -0.286. The van der Waals surface area contributed by atoms with Crippen LogP contribution in [0.3, 0.4) is 0 Å². The molecule has 2 heteroatoms. The Balaban J connectivity index is 2.00. The molecule has 0 aromatic carbocycles. The molecule has 2 fully saturated rings. The molecule has 0 aromatic heterocycles. The molecule has 2 saturated heterocycles. The summed E-state index contributed by atoms with van der Waals surface area (Å²) in [6.45, 7) is 2.17. The highest BCUT2D eigenvalue weighted by atomic mass is 32.2. The molecule has 1 nitrogen and oxygen atoms in total. The standard InChI is InChI=1S/C10H18OS/c1-2-5-10(11)6-8-3-4-9(7-10)12-8/h8-9,11H,2-7H2,1H3.